The average Bonchev–Trinajstić information content (AvgIpc) is 2.53. The summed E-state index contributed by atoms with van der Waals surface area (Å²) in [6.45, 7) is 0. The lowest BCUT2D eigenvalue weighted by molar-refractivity contribution is 0.102. The zero-order valence-electron chi connectivity index (χ0n) is 11.4. The number of aromatic nitrogens is 2. The minimum atomic E-state index is -1.14. The normalized spacial score (nSPS) is 10.7. The Morgan fingerprint density at radius 1 is 0.870 bits per heavy atom. The topological polar surface area (TPSA) is 94.8 Å². The SMILES string of the molecule is O=C(Nc1ccc2c(=O)[nH][nH]c(=O)c2c1)c1ccc(F)c(F)c1. The summed E-state index contributed by atoms with van der Waals surface area (Å²) in [4.78, 5) is 35.3. The van der Waals surface area contributed by atoms with Crippen molar-refractivity contribution in [1.29, 1.82) is 0 Å². The van der Waals surface area contributed by atoms with E-state index in [9.17, 15) is 23.2 Å². The van der Waals surface area contributed by atoms with Crippen LogP contribution in [0.4, 0.5) is 14.5 Å². The second-order valence-corrected chi connectivity index (χ2v) is 4.75. The molecule has 0 spiro atoms. The molecule has 1 heterocycles. The molecule has 1 amide bonds. The van der Waals surface area contributed by atoms with Crippen LogP contribution in [0.3, 0.4) is 0 Å². The number of amides is 1. The highest BCUT2D eigenvalue weighted by atomic mass is 19.2. The fourth-order valence-corrected chi connectivity index (χ4v) is 2.10. The third kappa shape index (κ3) is 2.73. The highest BCUT2D eigenvalue weighted by molar-refractivity contribution is 6.05. The first-order chi connectivity index (χ1) is 11.0. The molecule has 0 unspecified atom stereocenters. The number of benzene rings is 2. The van der Waals surface area contributed by atoms with Gasteiger partial charge in [-0.05, 0) is 36.4 Å². The number of halogens is 2. The van der Waals surface area contributed by atoms with E-state index in [0.29, 0.717) is 0 Å². The fraction of sp³-hybridized carbons (Fsp3) is 0. The number of H-pyrrole nitrogens is 2. The summed E-state index contributed by atoms with van der Waals surface area (Å²) in [7, 11) is 0. The van der Waals surface area contributed by atoms with Crippen LogP contribution < -0.4 is 16.4 Å². The molecule has 0 saturated carbocycles. The van der Waals surface area contributed by atoms with Gasteiger partial charge in [-0.15, -0.1) is 0 Å². The zero-order valence-corrected chi connectivity index (χ0v) is 11.4. The van der Waals surface area contributed by atoms with E-state index in [1.54, 1.807) is 0 Å². The number of anilines is 1. The summed E-state index contributed by atoms with van der Waals surface area (Å²) >= 11 is 0. The monoisotopic (exact) mass is 317 g/mol. The molecule has 3 rings (SSSR count). The number of hydrogen-bond acceptors (Lipinski definition) is 3. The van der Waals surface area contributed by atoms with Crippen molar-refractivity contribution in [3.8, 4) is 0 Å². The van der Waals surface area contributed by atoms with Gasteiger partial charge in [-0.25, -0.2) is 8.78 Å². The second kappa shape index (κ2) is 5.48. The smallest absolute Gasteiger partial charge is 0.270 e. The molecule has 8 heteroatoms. The Bertz CT molecular complexity index is 1040. The fourth-order valence-electron chi connectivity index (χ4n) is 2.10. The highest BCUT2D eigenvalue weighted by Crippen LogP contribution is 2.15. The van der Waals surface area contributed by atoms with Crippen molar-refractivity contribution >= 4 is 22.4 Å². The van der Waals surface area contributed by atoms with Crippen molar-refractivity contribution in [3.63, 3.8) is 0 Å². The molecule has 0 aliphatic rings. The minimum absolute atomic E-state index is 0.0798. The Kier molecular flexibility index (Phi) is 3.49. The molecule has 23 heavy (non-hydrogen) atoms. The molecule has 1 aromatic heterocycles. The predicted molar refractivity (Wildman–Crippen MR) is 79.5 cm³/mol. The number of fused-ring (bicyclic) bond motifs is 1. The lowest BCUT2D eigenvalue weighted by Crippen LogP contribution is -2.19. The van der Waals surface area contributed by atoms with Gasteiger partial charge in [0.05, 0.1) is 10.8 Å². The Balaban J connectivity index is 1.96. The molecule has 0 radical (unpaired) electrons. The van der Waals surface area contributed by atoms with E-state index in [2.05, 4.69) is 15.5 Å². The number of carbonyl (C=O) groups is 1. The van der Waals surface area contributed by atoms with Crippen molar-refractivity contribution in [2.75, 3.05) is 5.32 Å². The molecule has 0 bridgehead atoms. The molecule has 0 aliphatic carbocycles. The second-order valence-electron chi connectivity index (χ2n) is 4.75. The van der Waals surface area contributed by atoms with E-state index in [-0.39, 0.29) is 22.0 Å². The molecule has 0 aliphatic heterocycles. The van der Waals surface area contributed by atoms with E-state index in [1.165, 1.54) is 18.2 Å². The molecule has 3 aromatic rings. The van der Waals surface area contributed by atoms with Crippen LogP contribution in [0.25, 0.3) is 10.8 Å². The van der Waals surface area contributed by atoms with Gasteiger partial charge in [0.15, 0.2) is 11.6 Å². The van der Waals surface area contributed by atoms with Crippen molar-refractivity contribution in [2.24, 2.45) is 0 Å². The lowest BCUT2D eigenvalue weighted by Gasteiger charge is -2.06. The highest BCUT2D eigenvalue weighted by Gasteiger charge is 2.11. The zero-order chi connectivity index (χ0) is 16.6. The summed E-state index contributed by atoms with van der Waals surface area (Å²) < 4.78 is 26.0. The molecular weight excluding hydrogens is 308 g/mol. The van der Waals surface area contributed by atoms with E-state index >= 15 is 0 Å². The standard InChI is InChI=1S/C15H9F2N3O3/c16-11-4-1-7(5-12(11)17)13(21)18-8-2-3-9-10(6-8)15(23)20-19-14(9)22/h1-6H,(H,18,21)(H,19,22)(H,20,23). The van der Waals surface area contributed by atoms with E-state index in [4.69, 9.17) is 0 Å². The maximum Gasteiger partial charge on any atom is 0.270 e. The Labute approximate surface area is 126 Å². The molecule has 0 atom stereocenters. The van der Waals surface area contributed by atoms with E-state index in [1.807, 2.05) is 0 Å². The Morgan fingerprint density at radius 2 is 1.57 bits per heavy atom. The first-order valence-corrected chi connectivity index (χ1v) is 6.47. The Morgan fingerprint density at radius 3 is 2.26 bits per heavy atom. The van der Waals surface area contributed by atoms with Crippen LogP contribution in [0.5, 0.6) is 0 Å². The molecule has 6 nitrogen and oxygen atoms in total. The van der Waals surface area contributed by atoms with Crippen molar-refractivity contribution in [1.82, 2.24) is 10.2 Å². The van der Waals surface area contributed by atoms with Crippen molar-refractivity contribution in [3.05, 3.63) is 74.3 Å². The maximum atomic E-state index is 13.1. The quantitative estimate of drug-likeness (QED) is 0.672. The molecule has 116 valence electrons. The van der Waals surface area contributed by atoms with Crippen LogP contribution in [-0.4, -0.2) is 16.1 Å². The van der Waals surface area contributed by atoms with Crippen LogP contribution in [0.2, 0.25) is 0 Å². The minimum Gasteiger partial charge on any atom is -0.322 e. The van der Waals surface area contributed by atoms with Crippen LogP contribution >= 0.6 is 0 Å². The van der Waals surface area contributed by atoms with Gasteiger partial charge in [-0.3, -0.25) is 24.6 Å². The van der Waals surface area contributed by atoms with Gasteiger partial charge >= 0.3 is 0 Å². The third-order valence-corrected chi connectivity index (χ3v) is 3.24. The maximum absolute atomic E-state index is 13.1. The summed E-state index contributed by atoms with van der Waals surface area (Å²) in [6.07, 6.45) is 0. The number of rotatable bonds is 2. The first kappa shape index (κ1) is 14.6. The van der Waals surface area contributed by atoms with Crippen LogP contribution in [0.15, 0.2) is 46.0 Å². The lowest BCUT2D eigenvalue weighted by atomic mass is 10.1. The van der Waals surface area contributed by atoms with Crippen LogP contribution in [0, 0.1) is 11.6 Å². The molecule has 0 fully saturated rings. The molecular formula is C15H9F2N3O3. The van der Waals surface area contributed by atoms with Crippen LogP contribution in [-0.2, 0) is 0 Å². The van der Waals surface area contributed by atoms with Gasteiger partial charge in [-0.2, -0.15) is 0 Å². The van der Waals surface area contributed by atoms with Gasteiger partial charge in [0.25, 0.3) is 17.0 Å². The van der Waals surface area contributed by atoms with Crippen molar-refractivity contribution in [2.45, 2.75) is 0 Å². The first-order valence-electron chi connectivity index (χ1n) is 6.47. The van der Waals surface area contributed by atoms with Gasteiger partial charge in [-0.1, -0.05) is 0 Å². The van der Waals surface area contributed by atoms with Gasteiger partial charge in [0.1, 0.15) is 0 Å². The van der Waals surface area contributed by atoms with Crippen molar-refractivity contribution < 1.29 is 13.6 Å². The molecule has 0 saturated heterocycles. The number of hydrogen-bond donors (Lipinski definition) is 3. The summed E-state index contributed by atoms with van der Waals surface area (Å²) in [5.41, 5.74) is -0.839. The Hall–Kier alpha value is -3.29. The van der Waals surface area contributed by atoms with Gasteiger partial charge in [0, 0.05) is 11.3 Å². The summed E-state index contributed by atoms with van der Waals surface area (Å²) in [6, 6.07) is 6.87. The summed E-state index contributed by atoms with van der Waals surface area (Å²) in [5, 5.41) is 7.07. The average molecular weight is 317 g/mol. The van der Waals surface area contributed by atoms with E-state index in [0.717, 1.165) is 18.2 Å². The molecule has 3 N–H and O–H groups in total. The number of carbonyl (C=O) groups excluding carboxylic acids is 1. The predicted octanol–water partition coefficient (Wildman–Crippen LogP) is 1.75. The van der Waals surface area contributed by atoms with Gasteiger partial charge < -0.3 is 5.32 Å². The number of aromatic amines is 2. The van der Waals surface area contributed by atoms with Gasteiger partial charge in [0.2, 0.25) is 0 Å². The third-order valence-electron chi connectivity index (χ3n) is 3.24. The largest absolute Gasteiger partial charge is 0.322 e. The van der Waals surface area contributed by atoms with E-state index < -0.39 is 28.7 Å². The molecule has 2 aromatic carbocycles. The summed E-state index contributed by atoms with van der Waals surface area (Å²) in [5.74, 6) is -2.87. The van der Waals surface area contributed by atoms with Crippen LogP contribution in [0.1, 0.15) is 10.4 Å². The number of nitrogens with one attached hydrogen (secondary N) is 3.